The Kier molecular flexibility index (Phi) is 4.41. The third-order valence-corrected chi connectivity index (χ3v) is 3.67. The number of hydrogen-bond donors (Lipinski definition) is 2. The van der Waals surface area contributed by atoms with Gasteiger partial charge in [-0.3, -0.25) is 9.69 Å². The number of amides is 2. The molecule has 1 heterocycles. The lowest BCUT2D eigenvalue weighted by atomic mass is 9.93. The molecule has 2 fully saturated rings. The number of urea groups is 1. The second-order valence-electron chi connectivity index (χ2n) is 5.09. The van der Waals surface area contributed by atoms with E-state index >= 15 is 0 Å². The third-order valence-electron chi connectivity index (χ3n) is 3.67. The number of carbonyl (C=O) groups is 2. The molecule has 0 atom stereocenters. The Bertz CT molecular complexity index is 318. The van der Waals surface area contributed by atoms with E-state index in [9.17, 15) is 9.59 Å². The molecule has 102 valence electrons. The van der Waals surface area contributed by atoms with Crippen LogP contribution < -0.4 is 5.32 Å². The SMILES string of the molecule is O=C(O)CN1CCCN(C(=O)NC2CCC2)CC1. The van der Waals surface area contributed by atoms with Crippen molar-refractivity contribution >= 4 is 12.0 Å². The summed E-state index contributed by atoms with van der Waals surface area (Å²) in [4.78, 5) is 26.3. The fraction of sp³-hybridized carbons (Fsp3) is 0.833. The zero-order chi connectivity index (χ0) is 13.0. The number of nitrogens with zero attached hydrogens (tertiary/aromatic N) is 2. The molecule has 0 unspecified atom stereocenters. The van der Waals surface area contributed by atoms with Crippen LogP contribution in [-0.4, -0.2) is 65.7 Å². The third kappa shape index (κ3) is 3.60. The number of aliphatic carboxylic acids is 1. The first-order chi connectivity index (χ1) is 8.65. The molecule has 1 aliphatic heterocycles. The van der Waals surface area contributed by atoms with Crippen LogP contribution >= 0.6 is 0 Å². The zero-order valence-electron chi connectivity index (χ0n) is 10.6. The van der Waals surface area contributed by atoms with E-state index in [2.05, 4.69) is 5.32 Å². The van der Waals surface area contributed by atoms with Crippen molar-refractivity contribution in [1.29, 1.82) is 0 Å². The van der Waals surface area contributed by atoms with Crippen molar-refractivity contribution in [3.63, 3.8) is 0 Å². The summed E-state index contributed by atoms with van der Waals surface area (Å²) < 4.78 is 0. The molecular formula is C12H21N3O3. The summed E-state index contributed by atoms with van der Waals surface area (Å²) in [5.74, 6) is -0.803. The average molecular weight is 255 g/mol. The van der Waals surface area contributed by atoms with Crippen molar-refractivity contribution in [1.82, 2.24) is 15.1 Å². The highest BCUT2D eigenvalue weighted by Gasteiger charge is 2.24. The van der Waals surface area contributed by atoms with E-state index < -0.39 is 5.97 Å². The van der Waals surface area contributed by atoms with Gasteiger partial charge < -0.3 is 15.3 Å². The minimum absolute atomic E-state index is 0.0110. The van der Waals surface area contributed by atoms with E-state index in [1.54, 1.807) is 4.90 Å². The predicted molar refractivity (Wildman–Crippen MR) is 66.4 cm³/mol. The quantitative estimate of drug-likeness (QED) is 0.763. The van der Waals surface area contributed by atoms with Crippen LogP contribution in [0.5, 0.6) is 0 Å². The number of nitrogens with one attached hydrogen (secondary N) is 1. The summed E-state index contributed by atoms with van der Waals surface area (Å²) >= 11 is 0. The number of hydrogen-bond acceptors (Lipinski definition) is 3. The molecule has 0 aromatic heterocycles. The minimum atomic E-state index is -0.803. The standard InChI is InChI=1S/C12H21N3O3/c16-11(17)9-14-5-2-6-15(8-7-14)12(18)13-10-3-1-4-10/h10H,1-9H2,(H,13,18)(H,16,17). The summed E-state index contributed by atoms with van der Waals surface area (Å²) in [6, 6.07) is 0.368. The Balaban J connectivity index is 1.76. The molecule has 1 saturated carbocycles. The Morgan fingerprint density at radius 1 is 1.11 bits per heavy atom. The summed E-state index contributed by atoms with van der Waals surface area (Å²) in [7, 11) is 0. The van der Waals surface area contributed by atoms with Gasteiger partial charge in [-0.15, -0.1) is 0 Å². The second kappa shape index (κ2) is 6.04. The summed E-state index contributed by atoms with van der Waals surface area (Å²) in [6.07, 6.45) is 4.22. The molecular weight excluding hydrogens is 234 g/mol. The van der Waals surface area contributed by atoms with Crippen LogP contribution in [0.3, 0.4) is 0 Å². The first-order valence-corrected chi connectivity index (χ1v) is 6.65. The van der Waals surface area contributed by atoms with E-state index in [0.717, 1.165) is 25.8 Å². The molecule has 2 amide bonds. The number of carboxylic acid groups (broad SMARTS) is 1. The van der Waals surface area contributed by atoms with Gasteiger partial charge in [-0.25, -0.2) is 4.79 Å². The molecule has 0 aromatic carbocycles. The molecule has 6 nitrogen and oxygen atoms in total. The number of rotatable bonds is 3. The van der Waals surface area contributed by atoms with Gasteiger partial charge in [0.2, 0.25) is 0 Å². The lowest BCUT2D eigenvalue weighted by molar-refractivity contribution is -0.138. The maximum absolute atomic E-state index is 12.0. The lowest BCUT2D eigenvalue weighted by Gasteiger charge is -2.30. The Labute approximate surface area is 107 Å². The Hall–Kier alpha value is -1.30. The van der Waals surface area contributed by atoms with Crippen molar-refractivity contribution in [2.45, 2.75) is 31.7 Å². The molecule has 6 heteroatoms. The van der Waals surface area contributed by atoms with Gasteiger partial charge in [0.1, 0.15) is 0 Å². The highest BCUT2D eigenvalue weighted by Crippen LogP contribution is 2.18. The van der Waals surface area contributed by atoms with Crippen molar-refractivity contribution in [3.8, 4) is 0 Å². The predicted octanol–water partition coefficient (Wildman–Crippen LogP) is 0.341. The molecule has 0 spiro atoms. The molecule has 2 aliphatic rings. The number of carbonyl (C=O) groups excluding carboxylic acids is 1. The van der Waals surface area contributed by atoms with Gasteiger partial charge in [-0.05, 0) is 25.7 Å². The Morgan fingerprint density at radius 2 is 1.89 bits per heavy atom. The molecule has 2 rings (SSSR count). The van der Waals surface area contributed by atoms with Crippen molar-refractivity contribution in [3.05, 3.63) is 0 Å². The van der Waals surface area contributed by atoms with E-state index in [4.69, 9.17) is 5.11 Å². The smallest absolute Gasteiger partial charge is 0.317 e. The fourth-order valence-corrected chi connectivity index (χ4v) is 2.34. The van der Waals surface area contributed by atoms with Gasteiger partial charge in [-0.1, -0.05) is 0 Å². The van der Waals surface area contributed by atoms with Gasteiger partial charge in [-0.2, -0.15) is 0 Å². The highest BCUT2D eigenvalue weighted by molar-refractivity contribution is 5.74. The van der Waals surface area contributed by atoms with Crippen LogP contribution in [0.1, 0.15) is 25.7 Å². The van der Waals surface area contributed by atoms with Gasteiger partial charge in [0.25, 0.3) is 0 Å². The number of carboxylic acids is 1. The van der Waals surface area contributed by atoms with Crippen LogP contribution in [0.25, 0.3) is 0 Å². The normalized spacial score (nSPS) is 22.1. The fourth-order valence-electron chi connectivity index (χ4n) is 2.34. The monoisotopic (exact) mass is 255 g/mol. The average Bonchev–Trinajstić information content (AvgIpc) is 2.48. The van der Waals surface area contributed by atoms with Crippen molar-refractivity contribution < 1.29 is 14.7 Å². The molecule has 2 N–H and O–H groups in total. The van der Waals surface area contributed by atoms with E-state index in [1.807, 2.05) is 4.90 Å². The minimum Gasteiger partial charge on any atom is -0.480 e. The van der Waals surface area contributed by atoms with Crippen LogP contribution in [0, 0.1) is 0 Å². The first-order valence-electron chi connectivity index (χ1n) is 6.65. The first kappa shape index (κ1) is 13.1. The second-order valence-corrected chi connectivity index (χ2v) is 5.09. The topological polar surface area (TPSA) is 72.9 Å². The molecule has 0 radical (unpaired) electrons. The molecule has 0 aromatic rings. The maximum Gasteiger partial charge on any atom is 0.317 e. The highest BCUT2D eigenvalue weighted by atomic mass is 16.4. The van der Waals surface area contributed by atoms with Gasteiger partial charge in [0.05, 0.1) is 6.54 Å². The van der Waals surface area contributed by atoms with Crippen LogP contribution in [0.2, 0.25) is 0 Å². The molecule has 1 aliphatic carbocycles. The van der Waals surface area contributed by atoms with Crippen LogP contribution in [0.15, 0.2) is 0 Å². The Morgan fingerprint density at radius 3 is 2.50 bits per heavy atom. The van der Waals surface area contributed by atoms with Crippen LogP contribution in [-0.2, 0) is 4.79 Å². The van der Waals surface area contributed by atoms with Gasteiger partial charge in [0.15, 0.2) is 0 Å². The van der Waals surface area contributed by atoms with Gasteiger partial charge in [0, 0.05) is 32.2 Å². The van der Waals surface area contributed by atoms with Crippen molar-refractivity contribution in [2.24, 2.45) is 0 Å². The summed E-state index contributed by atoms with van der Waals surface area (Å²) in [6.45, 7) is 2.79. The van der Waals surface area contributed by atoms with Crippen LogP contribution in [0.4, 0.5) is 4.79 Å². The maximum atomic E-state index is 12.0. The van der Waals surface area contributed by atoms with E-state index in [0.29, 0.717) is 25.7 Å². The van der Waals surface area contributed by atoms with E-state index in [-0.39, 0.29) is 12.6 Å². The summed E-state index contributed by atoms with van der Waals surface area (Å²) in [5, 5.41) is 11.8. The van der Waals surface area contributed by atoms with Crippen molar-refractivity contribution in [2.75, 3.05) is 32.7 Å². The molecule has 18 heavy (non-hydrogen) atoms. The largest absolute Gasteiger partial charge is 0.480 e. The molecule has 0 bridgehead atoms. The molecule has 1 saturated heterocycles. The lowest BCUT2D eigenvalue weighted by Crippen LogP contribution is -2.48. The van der Waals surface area contributed by atoms with Gasteiger partial charge >= 0.3 is 12.0 Å². The zero-order valence-corrected chi connectivity index (χ0v) is 10.6. The summed E-state index contributed by atoms with van der Waals surface area (Å²) in [5.41, 5.74) is 0. The van der Waals surface area contributed by atoms with E-state index in [1.165, 1.54) is 6.42 Å².